The third kappa shape index (κ3) is 4.31. The van der Waals surface area contributed by atoms with Crippen molar-refractivity contribution in [1.82, 2.24) is 14.4 Å². The molecule has 3 aliphatic rings. The largest absolute Gasteiger partial charge is 0.381 e. The minimum absolute atomic E-state index is 0.0587. The predicted molar refractivity (Wildman–Crippen MR) is 111 cm³/mol. The Bertz CT molecular complexity index is 1000. The third-order valence-corrected chi connectivity index (χ3v) is 8.31. The predicted octanol–water partition coefficient (Wildman–Crippen LogP) is 3.10. The molecule has 2 aliphatic carbocycles. The minimum Gasteiger partial charge on any atom is -0.381 e. The zero-order valence-electron chi connectivity index (χ0n) is 17.3. The van der Waals surface area contributed by atoms with Crippen molar-refractivity contribution in [3.05, 3.63) is 41.0 Å². The molecule has 0 radical (unpaired) electrons. The maximum absolute atomic E-state index is 13.2. The number of aryl methyl sites for hydroxylation is 2. The van der Waals surface area contributed by atoms with E-state index >= 15 is 0 Å². The molecule has 7 nitrogen and oxygen atoms in total. The summed E-state index contributed by atoms with van der Waals surface area (Å²) < 4.78 is 39.2. The molecule has 0 amide bonds. The summed E-state index contributed by atoms with van der Waals surface area (Å²) in [7, 11) is -3.51. The van der Waals surface area contributed by atoms with Gasteiger partial charge in [-0.25, -0.2) is 8.42 Å². The highest BCUT2D eigenvalue weighted by Gasteiger charge is 2.34. The van der Waals surface area contributed by atoms with Gasteiger partial charge in [-0.1, -0.05) is 11.2 Å². The second-order valence-electron chi connectivity index (χ2n) is 8.80. The van der Waals surface area contributed by atoms with Crippen LogP contribution in [-0.2, 0) is 34.0 Å². The van der Waals surface area contributed by atoms with Gasteiger partial charge in [0.15, 0.2) is 5.82 Å². The van der Waals surface area contributed by atoms with Crippen LogP contribution in [0.5, 0.6) is 0 Å². The molecule has 5 rings (SSSR count). The van der Waals surface area contributed by atoms with E-state index in [0.29, 0.717) is 42.7 Å². The molecule has 1 aromatic carbocycles. The van der Waals surface area contributed by atoms with Crippen LogP contribution in [0.4, 0.5) is 0 Å². The fourth-order valence-electron chi connectivity index (χ4n) is 4.45. The molecule has 1 aromatic heterocycles. The van der Waals surface area contributed by atoms with E-state index in [-0.39, 0.29) is 5.92 Å². The van der Waals surface area contributed by atoms with E-state index in [2.05, 4.69) is 10.1 Å². The molecule has 2 aromatic rings. The van der Waals surface area contributed by atoms with Gasteiger partial charge in [-0.05, 0) is 74.1 Å². The fourth-order valence-corrected chi connectivity index (χ4v) is 6.03. The van der Waals surface area contributed by atoms with Gasteiger partial charge in [0, 0.05) is 26.1 Å². The van der Waals surface area contributed by atoms with Gasteiger partial charge < -0.3 is 9.26 Å². The van der Waals surface area contributed by atoms with Crippen molar-refractivity contribution in [2.24, 2.45) is 5.92 Å². The lowest BCUT2D eigenvalue weighted by Gasteiger charge is -2.30. The normalized spacial score (nSPS) is 22.3. The number of hydrogen-bond donors (Lipinski definition) is 0. The number of hydrogen-bond acceptors (Lipinski definition) is 6. The zero-order valence-corrected chi connectivity index (χ0v) is 18.1. The van der Waals surface area contributed by atoms with Gasteiger partial charge in [-0.3, -0.25) is 0 Å². The Labute approximate surface area is 177 Å². The number of fused-ring (bicyclic) bond motifs is 1. The Morgan fingerprint density at radius 3 is 2.87 bits per heavy atom. The van der Waals surface area contributed by atoms with Crippen LogP contribution in [0.15, 0.2) is 27.6 Å². The summed E-state index contributed by atoms with van der Waals surface area (Å²) in [6.45, 7) is 2.34. The molecule has 1 saturated heterocycles. The molecular weight excluding hydrogens is 402 g/mol. The van der Waals surface area contributed by atoms with Gasteiger partial charge in [0.1, 0.15) is 0 Å². The maximum Gasteiger partial charge on any atom is 0.243 e. The number of sulfonamides is 1. The molecule has 0 spiro atoms. The molecule has 1 saturated carbocycles. The molecule has 0 bridgehead atoms. The van der Waals surface area contributed by atoms with Gasteiger partial charge in [0.25, 0.3) is 0 Å². The summed E-state index contributed by atoms with van der Waals surface area (Å²) >= 11 is 0. The van der Waals surface area contributed by atoms with Crippen molar-refractivity contribution in [2.75, 3.05) is 26.3 Å². The first-order valence-electron chi connectivity index (χ1n) is 11.1. The number of nitrogens with zero attached hydrogens (tertiary/aromatic N) is 3. The molecule has 162 valence electrons. The Morgan fingerprint density at radius 2 is 2.00 bits per heavy atom. The van der Waals surface area contributed by atoms with Crippen LogP contribution >= 0.6 is 0 Å². The lowest BCUT2D eigenvalue weighted by atomic mass is 10.00. The van der Waals surface area contributed by atoms with Crippen molar-refractivity contribution < 1.29 is 17.7 Å². The summed E-state index contributed by atoms with van der Waals surface area (Å²) in [5, 5.41) is 4.07. The first-order valence-corrected chi connectivity index (χ1v) is 12.6. The number of ether oxygens (including phenoxy) is 1. The fraction of sp³-hybridized carbons (Fsp3) is 0.636. The average Bonchev–Trinajstić information content (AvgIpc) is 3.26. The number of benzene rings is 1. The SMILES string of the molecule is O=S(=O)(c1ccc2c(c1)CCC2)N1CCCC(c2nc(CCOCC3CC3)no2)C1. The quantitative estimate of drug-likeness (QED) is 0.597. The van der Waals surface area contributed by atoms with Crippen LogP contribution in [0.1, 0.15) is 60.9 Å². The van der Waals surface area contributed by atoms with E-state index in [1.807, 2.05) is 12.1 Å². The molecule has 8 heteroatoms. The Hall–Kier alpha value is -1.77. The van der Waals surface area contributed by atoms with Crippen molar-refractivity contribution in [3.8, 4) is 0 Å². The van der Waals surface area contributed by atoms with Crippen molar-refractivity contribution in [1.29, 1.82) is 0 Å². The first-order chi connectivity index (χ1) is 14.6. The average molecular weight is 432 g/mol. The van der Waals surface area contributed by atoms with Crippen LogP contribution < -0.4 is 0 Å². The second kappa shape index (κ2) is 8.40. The molecular formula is C22H29N3O4S. The molecule has 2 heterocycles. The number of aromatic nitrogens is 2. The lowest BCUT2D eigenvalue weighted by molar-refractivity contribution is 0.125. The van der Waals surface area contributed by atoms with E-state index in [1.54, 1.807) is 10.4 Å². The second-order valence-corrected chi connectivity index (χ2v) is 10.7. The molecule has 2 fully saturated rings. The summed E-state index contributed by atoms with van der Waals surface area (Å²) in [5.41, 5.74) is 2.46. The molecule has 1 atom stereocenters. The van der Waals surface area contributed by atoms with Crippen molar-refractivity contribution >= 4 is 10.0 Å². The van der Waals surface area contributed by atoms with Crippen LogP contribution in [0, 0.1) is 5.92 Å². The van der Waals surface area contributed by atoms with Gasteiger partial charge in [-0.2, -0.15) is 9.29 Å². The van der Waals surface area contributed by atoms with Crippen LogP contribution in [0.25, 0.3) is 0 Å². The maximum atomic E-state index is 13.2. The molecule has 1 unspecified atom stereocenters. The lowest BCUT2D eigenvalue weighted by Crippen LogP contribution is -2.39. The molecule has 1 aliphatic heterocycles. The minimum atomic E-state index is -3.51. The number of piperidine rings is 1. The van der Waals surface area contributed by atoms with E-state index < -0.39 is 10.0 Å². The summed E-state index contributed by atoms with van der Waals surface area (Å²) in [6.07, 6.45) is 7.95. The van der Waals surface area contributed by atoms with Crippen molar-refractivity contribution in [3.63, 3.8) is 0 Å². The number of rotatable bonds is 8. The van der Waals surface area contributed by atoms with E-state index in [4.69, 9.17) is 9.26 Å². The topological polar surface area (TPSA) is 85.5 Å². The van der Waals surface area contributed by atoms with E-state index in [0.717, 1.165) is 44.6 Å². The molecule has 0 N–H and O–H groups in total. The standard InChI is InChI=1S/C22H29N3O4S/c26-30(27,20-9-8-17-3-1-4-18(17)13-20)25-11-2-5-19(14-25)22-23-21(24-29-22)10-12-28-15-16-6-7-16/h8-9,13,16,19H,1-7,10-12,14-15H2. The smallest absolute Gasteiger partial charge is 0.243 e. The van der Waals surface area contributed by atoms with Gasteiger partial charge in [0.2, 0.25) is 15.9 Å². The summed E-state index contributed by atoms with van der Waals surface area (Å²) in [6, 6.07) is 5.61. The van der Waals surface area contributed by atoms with Crippen LogP contribution in [0.2, 0.25) is 0 Å². The van der Waals surface area contributed by atoms with Gasteiger partial charge in [-0.15, -0.1) is 0 Å². The van der Waals surface area contributed by atoms with E-state index in [1.165, 1.54) is 24.0 Å². The van der Waals surface area contributed by atoms with E-state index in [9.17, 15) is 8.42 Å². The van der Waals surface area contributed by atoms with Crippen LogP contribution in [-0.4, -0.2) is 49.2 Å². The highest BCUT2D eigenvalue weighted by molar-refractivity contribution is 7.89. The summed E-state index contributed by atoms with van der Waals surface area (Å²) in [5.74, 6) is 1.86. The Balaban J connectivity index is 1.23. The molecule has 30 heavy (non-hydrogen) atoms. The Morgan fingerprint density at radius 1 is 1.13 bits per heavy atom. The van der Waals surface area contributed by atoms with Crippen molar-refractivity contribution in [2.45, 2.75) is 62.2 Å². The Kier molecular flexibility index (Phi) is 5.64. The van der Waals surface area contributed by atoms with Crippen LogP contribution in [0.3, 0.4) is 0 Å². The van der Waals surface area contributed by atoms with Gasteiger partial charge in [0.05, 0.1) is 17.4 Å². The third-order valence-electron chi connectivity index (χ3n) is 6.45. The first kappa shape index (κ1) is 20.2. The highest BCUT2D eigenvalue weighted by Crippen LogP contribution is 2.32. The zero-order chi connectivity index (χ0) is 20.6. The monoisotopic (exact) mass is 431 g/mol. The highest BCUT2D eigenvalue weighted by atomic mass is 32.2. The van der Waals surface area contributed by atoms with Gasteiger partial charge >= 0.3 is 0 Å². The summed E-state index contributed by atoms with van der Waals surface area (Å²) in [4.78, 5) is 4.93.